The molecule has 2 aromatic rings. The Balaban J connectivity index is 1.70. The zero-order valence-electron chi connectivity index (χ0n) is 14.3. The number of nitrogens with zero attached hydrogens (tertiary/aromatic N) is 3. The van der Waals surface area contributed by atoms with Crippen molar-refractivity contribution in [2.75, 3.05) is 18.8 Å². The van der Waals surface area contributed by atoms with Crippen LogP contribution >= 0.6 is 0 Å². The van der Waals surface area contributed by atoms with E-state index in [4.69, 9.17) is 5.14 Å². The highest BCUT2D eigenvalue weighted by Gasteiger charge is 2.29. The van der Waals surface area contributed by atoms with Gasteiger partial charge in [-0.25, -0.2) is 18.2 Å². The van der Waals surface area contributed by atoms with E-state index in [9.17, 15) is 13.2 Å². The minimum atomic E-state index is -3.51. The maximum absolute atomic E-state index is 12.6. The van der Waals surface area contributed by atoms with E-state index in [-0.39, 0.29) is 17.6 Å². The Morgan fingerprint density at radius 2 is 1.96 bits per heavy atom. The molecule has 0 spiro atoms. The van der Waals surface area contributed by atoms with Gasteiger partial charge < -0.3 is 4.90 Å². The number of aromatic nitrogens is 2. The van der Waals surface area contributed by atoms with E-state index in [0.29, 0.717) is 25.1 Å². The fourth-order valence-corrected chi connectivity index (χ4v) is 4.23. The Bertz CT molecular complexity index is 887. The topological polar surface area (TPSA) is 98.3 Å². The Hall–Kier alpha value is -2.19. The zero-order valence-corrected chi connectivity index (χ0v) is 15.2. The molecule has 7 nitrogen and oxygen atoms in total. The highest BCUT2D eigenvalue weighted by Crippen LogP contribution is 2.21. The van der Waals surface area contributed by atoms with E-state index >= 15 is 0 Å². The highest BCUT2D eigenvalue weighted by molar-refractivity contribution is 7.89. The van der Waals surface area contributed by atoms with Gasteiger partial charge in [0, 0.05) is 24.3 Å². The Labute approximate surface area is 147 Å². The molecule has 0 unspecified atom stereocenters. The van der Waals surface area contributed by atoms with Crippen molar-refractivity contribution in [2.45, 2.75) is 20.3 Å². The first-order valence-corrected chi connectivity index (χ1v) is 9.88. The van der Waals surface area contributed by atoms with E-state index in [1.165, 1.54) is 0 Å². The van der Waals surface area contributed by atoms with Crippen LogP contribution in [0.25, 0.3) is 5.69 Å². The molecular formula is C17H22N4O3S. The molecule has 8 heteroatoms. The molecule has 3 rings (SSSR count). The van der Waals surface area contributed by atoms with Crippen molar-refractivity contribution in [2.24, 2.45) is 11.1 Å². The minimum Gasteiger partial charge on any atom is -0.338 e. The Kier molecular flexibility index (Phi) is 4.66. The number of aryl methyl sites for hydroxylation is 2. The van der Waals surface area contributed by atoms with Gasteiger partial charge in [0.25, 0.3) is 5.91 Å². The molecule has 134 valence electrons. The maximum atomic E-state index is 12.6. The fourth-order valence-electron chi connectivity index (χ4n) is 3.30. The molecule has 1 atom stereocenters. The zero-order chi connectivity index (χ0) is 18.2. The molecule has 1 aliphatic rings. The number of primary sulfonamides is 1. The van der Waals surface area contributed by atoms with Gasteiger partial charge in [0.05, 0.1) is 17.1 Å². The molecule has 2 N–H and O–H groups in total. The van der Waals surface area contributed by atoms with Crippen molar-refractivity contribution in [1.82, 2.24) is 14.7 Å². The molecule has 1 amide bonds. The molecule has 2 heterocycles. The quantitative estimate of drug-likeness (QED) is 0.884. The molecule has 0 saturated carbocycles. The average Bonchev–Trinajstić information content (AvgIpc) is 3.11. The smallest absolute Gasteiger partial charge is 0.253 e. The first-order chi connectivity index (χ1) is 11.7. The summed E-state index contributed by atoms with van der Waals surface area (Å²) in [6.45, 7) is 4.90. The summed E-state index contributed by atoms with van der Waals surface area (Å²) in [6, 6.07) is 9.28. The second-order valence-electron chi connectivity index (χ2n) is 6.62. The third-order valence-corrected chi connectivity index (χ3v) is 5.35. The van der Waals surface area contributed by atoms with Gasteiger partial charge in [0.1, 0.15) is 0 Å². The summed E-state index contributed by atoms with van der Waals surface area (Å²) in [5.41, 5.74) is 3.45. The third kappa shape index (κ3) is 4.08. The molecule has 0 bridgehead atoms. The molecule has 1 aromatic heterocycles. The predicted molar refractivity (Wildman–Crippen MR) is 95.0 cm³/mol. The van der Waals surface area contributed by atoms with Crippen molar-refractivity contribution in [3.63, 3.8) is 0 Å². The molecular weight excluding hydrogens is 340 g/mol. The van der Waals surface area contributed by atoms with Gasteiger partial charge >= 0.3 is 0 Å². The summed E-state index contributed by atoms with van der Waals surface area (Å²) in [6.07, 6.45) is 0.659. The largest absolute Gasteiger partial charge is 0.338 e. The lowest BCUT2D eigenvalue weighted by atomic mass is 10.1. The fraction of sp³-hybridized carbons (Fsp3) is 0.412. The van der Waals surface area contributed by atoms with Crippen molar-refractivity contribution >= 4 is 15.9 Å². The second-order valence-corrected chi connectivity index (χ2v) is 8.28. The summed E-state index contributed by atoms with van der Waals surface area (Å²) in [5.74, 6) is -0.252. The van der Waals surface area contributed by atoms with Gasteiger partial charge in [0.15, 0.2) is 0 Å². The van der Waals surface area contributed by atoms with E-state index < -0.39 is 10.0 Å². The van der Waals surface area contributed by atoms with Crippen LogP contribution in [0.15, 0.2) is 30.3 Å². The van der Waals surface area contributed by atoms with E-state index in [1.54, 1.807) is 17.0 Å². The molecule has 1 aliphatic heterocycles. The van der Waals surface area contributed by atoms with Crippen LogP contribution in [-0.2, 0) is 10.0 Å². The minimum absolute atomic E-state index is 0.0757. The average molecular weight is 362 g/mol. The second kappa shape index (κ2) is 6.61. The third-order valence-electron chi connectivity index (χ3n) is 4.41. The highest BCUT2D eigenvalue weighted by atomic mass is 32.2. The van der Waals surface area contributed by atoms with Crippen molar-refractivity contribution in [3.8, 4) is 5.69 Å². The number of rotatable bonds is 4. The number of benzene rings is 1. The van der Waals surface area contributed by atoms with Crippen LogP contribution in [0.5, 0.6) is 0 Å². The Morgan fingerprint density at radius 3 is 2.52 bits per heavy atom. The van der Waals surface area contributed by atoms with Gasteiger partial charge in [0.2, 0.25) is 10.0 Å². The number of amides is 1. The van der Waals surface area contributed by atoms with E-state index in [0.717, 1.165) is 17.1 Å². The lowest BCUT2D eigenvalue weighted by Gasteiger charge is -2.16. The number of carbonyl (C=O) groups excluding carboxylic acids is 1. The summed E-state index contributed by atoms with van der Waals surface area (Å²) >= 11 is 0. The maximum Gasteiger partial charge on any atom is 0.253 e. The van der Waals surface area contributed by atoms with Gasteiger partial charge in [-0.3, -0.25) is 4.79 Å². The lowest BCUT2D eigenvalue weighted by Crippen LogP contribution is -2.30. The molecule has 1 aromatic carbocycles. The number of likely N-dealkylation sites (tertiary alicyclic amines) is 1. The Morgan fingerprint density at radius 1 is 1.28 bits per heavy atom. The normalized spacial score (nSPS) is 17.9. The summed E-state index contributed by atoms with van der Waals surface area (Å²) < 4.78 is 24.2. The molecule has 0 radical (unpaired) electrons. The lowest BCUT2D eigenvalue weighted by molar-refractivity contribution is 0.0788. The van der Waals surface area contributed by atoms with Gasteiger partial charge in [-0.05, 0) is 56.5 Å². The van der Waals surface area contributed by atoms with Crippen molar-refractivity contribution in [1.29, 1.82) is 0 Å². The van der Waals surface area contributed by atoms with Crippen molar-refractivity contribution < 1.29 is 13.2 Å². The summed E-state index contributed by atoms with van der Waals surface area (Å²) in [4.78, 5) is 14.3. The first-order valence-electron chi connectivity index (χ1n) is 8.16. The number of nitrogens with two attached hydrogens (primary N) is 1. The van der Waals surface area contributed by atoms with Crippen LogP contribution in [0.2, 0.25) is 0 Å². The van der Waals surface area contributed by atoms with Gasteiger partial charge in [-0.1, -0.05) is 0 Å². The van der Waals surface area contributed by atoms with Crippen LogP contribution in [0.1, 0.15) is 28.2 Å². The number of hydrogen-bond donors (Lipinski definition) is 1. The van der Waals surface area contributed by atoms with Crippen LogP contribution in [0.4, 0.5) is 0 Å². The van der Waals surface area contributed by atoms with E-state index in [1.807, 2.05) is 36.7 Å². The van der Waals surface area contributed by atoms with Crippen LogP contribution in [-0.4, -0.2) is 47.8 Å². The van der Waals surface area contributed by atoms with Crippen LogP contribution in [0.3, 0.4) is 0 Å². The summed E-state index contributed by atoms with van der Waals surface area (Å²) in [7, 11) is -3.51. The van der Waals surface area contributed by atoms with Crippen LogP contribution < -0.4 is 5.14 Å². The van der Waals surface area contributed by atoms with Crippen molar-refractivity contribution in [3.05, 3.63) is 47.3 Å². The predicted octanol–water partition coefficient (Wildman–Crippen LogP) is 1.24. The SMILES string of the molecule is Cc1cc(C)n(-c2ccc(C(=O)N3CC[C@@H](CS(N)(=O)=O)C3)cc2)n1. The number of hydrogen-bond acceptors (Lipinski definition) is 4. The molecule has 1 fully saturated rings. The number of carbonyl (C=O) groups is 1. The monoisotopic (exact) mass is 362 g/mol. The van der Waals surface area contributed by atoms with E-state index in [2.05, 4.69) is 5.10 Å². The molecule has 25 heavy (non-hydrogen) atoms. The number of sulfonamides is 1. The van der Waals surface area contributed by atoms with Gasteiger partial charge in [-0.15, -0.1) is 0 Å². The van der Waals surface area contributed by atoms with Crippen LogP contribution in [0, 0.1) is 19.8 Å². The molecule has 0 aliphatic carbocycles. The standard InChI is InChI=1S/C17H22N4O3S/c1-12-9-13(2)21(19-12)16-5-3-15(4-6-16)17(22)20-8-7-14(10-20)11-25(18,23)24/h3-6,9,14H,7-8,10-11H2,1-2H3,(H2,18,23,24)/t14-/m1/s1. The van der Waals surface area contributed by atoms with Gasteiger partial charge in [-0.2, -0.15) is 5.10 Å². The summed E-state index contributed by atoms with van der Waals surface area (Å²) in [5, 5.41) is 9.52. The first kappa shape index (κ1) is 17.6. The molecule has 1 saturated heterocycles.